The van der Waals surface area contributed by atoms with E-state index < -0.39 is 0 Å². The van der Waals surface area contributed by atoms with E-state index in [4.69, 9.17) is 14.2 Å². The van der Waals surface area contributed by atoms with Crippen molar-refractivity contribution >= 4 is 5.97 Å². The number of hydrogen-bond donors (Lipinski definition) is 0. The van der Waals surface area contributed by atoms with Gasteiger partial charge in [0.25, 0.3) is 0 Å². The molecule has 2 heterocycles. The van der Waals surface area contributed by atoms with Crippen molar-refractivity contribution in [2.45, 2.75) is 77.0 Å². The van der Waals surface area contributed by atoms with Crippen molar-refractivity contribution < 1.29 is 19.0 Å². The summed E-state index contributed by atoms with van der Waals surface area (Å²) in [7, 11) is 0. The van der Waals surface area contributed by atoms with E-state index in [0.29, 0.717) is 6.42 Å². The molecule has 3 rings (SSSR count). The topological polar surface area (TPSA) is 48.1 Å². The number of hydrogen-bond acceptors (Lipinski definition) is 4. The van der Waals surface area contributed by atoms with Gasteiger partial charge >= 0.3 is 5.97 Å². The molecule has 0 aromatic heterocycles. The van der Waals surface area contributed by atoms with Crippen molar-refractivity contribution in [2.75, 3.05) is 0 Å². The van der Waals surface area contributed by atoms with Crippen molar-refractivity contribution in [1.29, 1.82) is 0 Å². The summed E-state index contributed by atoms with van der Waals surface area (Å²) in [6, 6.07) is 0. The van der Waals surface area contributed by atoms with Crippen LogP contribution in [0.2, 0.25) is 0 Å². The van der Waals surface area contributed by atoms with E-state index in [2.05, 4.69) is 27.7 Å². The standard InChI is InChI=1S/C14H22O4/c1-12(2,3)17-9-5-8-14-11(18-14)16-10(15)6-7-13(9,14)4/h9,11H,5-8H2,1-4H3/t9-,11?,13+,14?/m0/s1. The van der Waals surface area contributed by atoms with Gasteiger partial charge in [-0.1, -0.05) is 6.92 Å². The lowest BCUT2D eigenvalue weighted by molar-refractivity contribution is -0.149. The van der Waals surface area contributed by atoms with Gasteiger partial charge in [-0.3, -0.25) is 4.79 Å². The van der Waals surface area contributed by atoms with Gasteiger partial charge in [-0.05, 0) is 40.0 Å². The van der Waals surface area contributed by atoms with Gasteiger partial charge in [0.1, 0.15) is 5.60 Å². The molecule has 1 spiro atoms. The van der Waals surface area contributed by atoms with Gasteiger partial charge in [-0.2, -0.15) is 0 Å². The van der Waals surface area contributed by atoms with E-state index in [1.165, 1.54) is 0 Å². The minimum atomic E-state index is -0.328. The summed E-state index contributed by atoms with van der Waals surface area (Å²) in [6.07, 6.45) is 3.01. The van der Waals surface area contributed by atoms with Gasteiger partial charge < -0.3 is 14.2 Å². The highest BCUT2D eigenvalue weighted by Gasteiger charge is 2.75. The fourth-order valence-electron chi connectivity index (χ4n) is 3.61. The third kappa shape index (κ3) is 1.62. The fourth-order valence-corrected chi connectivity index (χ4v) is 3.61. The Balaban J connectivity index is 1.86. The molecule has 2 aliphatic heterocycles. The van der Waals surface area contributed by atoms with Crippen LogP contribution in [0, 0.1) is 5.41 Å². The van der Waals surface area contributed by atoms with E-state index in [-0.39, 0.29) is 35.0 Å². The zero-order valence-electron chi connectivity index (χ0n) is 11.6. The predicted octanol–water partition coefficient (Wildman–Crippen LogP) is 2.40. The van der Waals surface area contributed by atoms with Crippen LogP contribution in [0.3, 0.4) is 0 Å². The molecule has 3 fully saturated rings. The molecule has 4 atom stereocenters. The fraction of sp³-hybridized carbons (Fsp3) is 0.929. The molecule has 0 N–H and O–H groups in total. The molecule has 0 aromatic carbocycles. The molecule has 3 aliphatic rings. The summed E-state index contributed by atoms with van der Waals surface area (Å²) < 4.78 is 17.3. The molecule has 4 heteroatoms. The number of carbonyl (C=O) groups is 1. The molecule has 0 amide bonds. The Kier molecular flexibility index (Phi) is 2.40. The average Bonchev–Trinajstić information content (AvgIpc) is 2.88. The molecule has 1 aliphatic carbocycles. The van der Waals surface area contributed by atoms with Gasteiger partial charge in [-0.25, -0.2) is 0 Å². The third-order valence-corrected chi connectivity index (χ3v) is 4.68. The largest absolute Gasteiger partial charge is 0.432 e. The van der Waals surface area contributed by atoms with E-state index in [9.17, 15) is 4.79 Å². The van der Waals surface area contributed by atoms with Crippen LogP contribution in [-0.4, -0.2) is 29.6 Å². The van der Waals surface area contributed by atoms with Crippen molar-refractivity contribution in [3.8, 4) is 0 Å². The van der Waals surface area contributed by atoms with E-state index >= 15 is 0 Å². The quantitative estimate of drug-likeness (QED) is 0.532. The summed E-state index contributed by atoms with van der Waals surface area (Å²) in [5, 5.41) is 0. The summed E-state index contributed by atoms with van der Waals surface area (Å²) in [6.45, 7) is 8.42. The Labute approximate surface area is 108 Å². The molecule has 4 nitrogen and oxygen atoms in total. The van der Waals surface area contributed by atoms with Crippen LogP contribution in [0.4, 0.5) is 0 Å². The highest BCUT2D eigenvalue weighted by Crippen LogP contribution is 2.65. The highest BCUT2D eigenvalue weighted by molar-refractivity contribution is 5.70. The first-order valence-corrected chi connectivity index (χ1v) is 6.82. The Bertz CT molecular complexity index is 386. The van der Waals surface area contributed by atoms with Crippen LogP contribution in [0.15, 0.2) is 0 Å². The van der Waals surface area contributed by atoms with Crippen LogP contribution in [-0.2, 0) is 19.0 Å². The first-order chi connectivity index (χ1) is 8.27. The molecule has 1 saturated carbocycles. The monoisotopic (exact) mass is 254 g/mol. The number of esters is 1. The molecule has 0 aromatic rings. The number of ether oxygens (including phenoxy) is 3. The maximum atomic E-state index is 11.5. The smallest absolute Gasteiger partial charge is 0.308 e. The molecule has 0 bridgehead atoms. The van der Waals surface area contributed by atoms with Crippen molar-refractivity contribution in [1.82, 2.24) is 0 Å². The molecule has 2 unspecified atom stereocenters. The lowest BCUT2D eigenvalue weighted by atomic mass is 9.74. The molecular formula is C14H22O4. The van der Waals surface area contributed by atoms with Crippen molar-refractivity contribution in [2.24, 2.45) is 5.41 Å². The Morgan fingerprint density at radius 2 is 2.06 bits per heavy atom. The van der Waals surface area contributed by atoms with E-state index in [1.807, 2.05) is 0 Å². The molecule has 102 valence electrons. The highest BCUT2D eigenvalue weighted by atomic mass is 16.8. The molecule has 18 heavy (non-hydrogen) atoms. The van der Waals surface area contributed by atoms with Gasteiger partial charge in [0, 0.05) is 11.8 Å². The first-order valence-electron chi connectivity index (χ1n) is 6.82. The summed E-state index contributed by atoms with van der Waals surface area (Å²) in [5.41, 5.74) is -0.535. The SMILES string of the molecule is CC(C)(C)O[C@H]1CCC23OC2OC(=O)CC[C@]13C. The molecular weight excluding hydrogens is 232 g/mol. The van der Waals surface area contributed by atoms with E-state index in [0.717, 1.165) is 19.3 Å². The van der Waals surface area contributed by atoms with Crippen LogP contribution in [0.1, 0.15) is 53.4 Å². The zero-order valence-corrected chi connectivity index (χ0v) is 11.6. The second-order valence-electron chi connectivity index (χ2n) is 7.00. The van der Waals surface area contributed by atoms with Crippen molar-refractivity contribution in [3.05, 3.63) is 0 Å². The maximum Gasteiger partial charge on any atom is 0.308 e. The van der Waals surface area contributed by atoms with E-state index in [1.54, 1.807) is 0 Å². The summed E-state index contributed by atoms with van der Waals surface area (Å²) in [4.78, 5) is 11.5. The number of rotatable bonds is 1. The Morgan fingerprint density at radius 3 is 2.72 bits per heavy atom. The van der Waals surface area contributed by atoms with Crippen LogP contribution in [0.5, 0.6) is 0 Å². The second-order valence-corrected chi connectivity index (χ2v) is 7.00. The van der Waals surface area contributed by atoms with Gasteiger partial charge in [-0.15, -0.1) is 0 Å². The van der Waals surface area contributed by atoms with Crippen molar-refractivity contribution in [3.63, 3.8) is 0 Å². The second kappa shape index (κ2) is 3.48. The van der Waals surface area contributed by atoms with Crippen LogP contribution in [0.25, 0.3) is 0 Å². The lowest BCUT2D eigenvalue weighted by Crippen LogP contribution is -2.43. The predicted molar refractivity (Wildman–Crippen MR) is 64.9 cm³/mol. The maximum absolute atomic E-state index is 11.5. The Morgan fingerprint density at radius 1 is 1.33 bits per heavy atom. The van der Waals surface area contributed by atoms with Crippen LogP contribution < -0.4 is 0 Å². The lowest BCUT2D eigenvalue weighted by Gasteiger charge is -2.37. The third-order valence-electron chi connectivity index (χ3n) is 4.68. The minimum absolute atomic E-state index is 0.100. The summed E-state index contributed by atoms with van der Waals surface area (Å²) in [5.74, 6) is -0.137. The zero-order chi connectivity index (χ0) is 13.2. The average molecular weight is 254 g/mol. The number of epoxide rings is 1. The minimum Gasteiger partial charge on any atom is -0.432 e. The van der Waals surface area contributed by atoms with Gasteiger partial charge in [0.15, 0.2) is 0 Å². The molecule has 2 saturated heterocycles. The normalized spacial score (nSPS) is 47.0. The van der Waals surface area contributed by atoms with Crippen LogP contribution >= 0.6 is 0 Å². The summed E-state index contributed by atoms with van der Waals surface area (Å²) >= 11 is 0. The van der Waals surface area contributed by atoms with Gasteiger partial charge in [0.2, 0.25) is 6.29 Å². The Hall–Kier alpha value is -0.610. The molecule has 0 radical (unpaired) electrons. The first kappa shape index (κ1) is 12.4. The number of carbonyl (C=O) groups excluding carboxylic acids is 1. The van der Waals surface area contributed by atoms with Gasteiger partial charge in [0.05, 0.1) is 11.7 Å².